The Labute approximate surface area is 156 Å². The van der Waals surface area contributed by atoms with Gasteiger partial charge in [0.15, 0.2) is 0 Å². The van der Waals surface area contributed by atoms with Crippen molar-refractivity contribution < 1.29 is 25.9 Å². The van der Waals surface area contributed by atoms with Crippen LogP contribution >= 0.6 is 22.7 Å². The van der Waals surface area contributed by atoms with Crippen molar-refractivity contribution in [2.24, 2.45) is 0 Å². The largest absolute Gasteiger partial charge is 0.294 e. The monoisotopic (exact) mass is 430 g/mol. The first-order valence-electron chi connectivity index (χ1n) is 6.85. The maximum atomic E-state index is 11.9. The molecule has 1 heterocycles. The van der Waals surface area contributed by atoms with E-state index in [-0.39, 0.29) is 13.8 Å². The van der Waals surface area contributed by atoms with Crippen molar-refractivity contribution in [3.63, 3.8) is 0 Å². The highest BCUT2D eigenvalue weighted by atomic mass is 32.2. The van der Waals surface area contributed by atoms with Crippen LogP contribution in [0.1, 0.15) is 0 Å². The molecule has 0 aliphatic heterocycles. The van der Waals surface area contributed by atoms with Gasteiger partial charge in [0.05, 0.1) is 19.5 Å². The standard InChI is InChI=1S/C15H10O7S4/c16-15-23-13(9-1-5-11(6-2-9)25(17,18)19)14(24-15)10-3-7-12(8-4-10)26(20,21)22/h1-8H,(H,17,18,19)(H,20,21,22). The third-order valence-electron chi connectivity index (χ3n) is 3.41. The lowest BCUT2D eigenvalue weighted by molar-refractivity contribution is 0.481. The first-order chi connectivity index (χ1) is 12.1. The van der Waals surface area contributed by atoms with E-state index in [2.05, 4.69) is 0 Å². The van der Waals surface area contributed by atoms with Gasteiger partial charge in [-0.05, 0) is 35.4 Å². The molecule has 0 saturated carbocycles. The zero-order valence-electron chi connectivity index (χ0n) is 12.7. The van der Waals surface area contributed by atoms with Crippen LogP contribution in [0.25, 0.3) is 20.9 Å². The zero-order valence-corrected chi connectivity index (χ0v) is 16.0. The van der Waals surface area contributed by atoms with Crippen LogP contribution in [0, 0.1) is 0 Å². The Hall–Kier alpha value is -1.89. The molecule has 26 heavy (non-hydrogen) atoms. The summed E-state index contributed by atoms with van der Waals surface area (Å²) in [4.78, 5) is 12.5. The molecule has 7 nitrogen and oxygen atoms in total. The minimum absolute atomic E-state index is 0.187. The number of benzene rings is 2. The fraction of sp³-hybridized carbons (Fsp3) is 0. The molecule has 1 aromatic heterocycles. The Kier molecular flexibility index (Phi) is 4.86. The van der Waals surface area contributed by atoms with E-state index >= 15 is 0 Å². The predicted octanol–water partition coefficient (Wildman–Crippen LogP) is 3.00. The summed E-state index contributed by atoms with van der Waals surface area (Å²) in [5.74, 6) is 0. The van der Waals surface area contributed by atoms with Gasteiger partial charge < -0.3 is 0 Å². The lowest BCUT2D eigenvalue weighted by Gasteiger charge is -2.05. The fourth-order valence-corrected chi connectivity index (χ4v) is 5.36. The summed E-state index contributed by atoms with van der Waals surface area (Å²) in [6, 6.07) is 10.8. The van der Waals surface area contributed by atoms with Crippen LogP contribution in [0.4, 0.5) is 0 Å². The van der Waals surface area contributed by atoms with Gasteiger partial charge >= 0.3 is 0 Å². The average molecular weight is 431 g/mol. The summed E-state index contributed by atoms with van der Waals surface area (Å²) in [7, 11) is -8.63. The fourth-order valence-electron chi connectivity index (χ4n) is 2.22. The molecule has 136 valence electrons. The molecule has 0 saturated heterocycles. The highest BCUT2D eigenvalue weighted by Gasteiger charge is 2.16. The van der Waals surface area contributed by atoms with E-state index < -0.39 is 20.2 Å². The Morgan fingerprint density at radius 1 is 0.615 bits per heavy atom. The molecule has 0 atom stereocenters. The van der Waals surface area contributed by atoms with Crippen molar-refractivity contribution in [3.8, 4) is 20.9 Å². The Morgan fingerprint density at radius 3 is 1.19 bits per heavy atom. The van der Waals surface area contributed by atoms with Crippen LogP contribution in [-0.4, -0.2) is 25.9 Å². The highest BCUT2D eigenvalue weighted by molar-refractivity contribution is 7.86. The molecule has 0 aliphatic carbocycles. The third kappa shape index (κ3) is 3.92. The molecule has 0 bridgehead atoms. The van der Waals surface area contributed by atoms with Crippen LogP contribution in [0.3, 0.4) is 0 Å². The maximum Gasteiger partial charge on any atom is 0.294 e. The second-order valence-corrected chi connectivity index (χ2v) is 10.2. The minimum atomic E-state index is -4.31. The Balaban J connectivity index is 2.08. The van der Waals surface area contributed by atoms with Crippen LogP contribution in [-0.2, 0) is 20.2 Å². The van der Waals surface area contributed by atoms with E-state index in [4.69, 9.17) is 9.11 Å². The second-order valence-electron chi connectivity index (χ2n) is 5.11. The summed E-state index contributed by atoms with van der Waals surface area (Å²) in [5.41, 5.74) is 1.16. The van der Waals surface area contributed by atoms with Gasteiger partial charge in [-0.25, -0.2) is 0 Å². The van der Waals surface area contributed by atoms with Gasteiger partial charge in [-0.2, -0.15) is 16.8 Å². The summed E-state index contributed by atoms with van der Waals surface area (Å²) in [5, 5.41) is 0. The molecule has 0 radical (unpaired) electrons. The summed E-state index contributed by atoms with van der Waals surface area (Å²) in [6.07, 6.45) is 0. The molecule has 3 aromatic rings. The Morgan fingerprint density at radius 2 is 0.923 bits per heavy atom. The van der Waals surface area contributed by atoms with Gasteiger partial charge in [-0.1, -0.05) is 46.9 Å². The molecule has 2 N–H and O–H groups in total. The van der Waals surface area contributed by atoms with Gasteiger partial charge in [0, 0.05) is 0 Å². The maximum absolute atomic E-state index is 11.9. The summed E-state index contributed by atoms with van der Waals surface area (Å²) >= 11 is 1.94. The topological polar surface area (TPSA) is 126 Å². The van der Waals surface area contributed by atoms with Crippen molar-refractivity contribution in [2.45, 2.75) is 9.79 Å². The van der Waals surface area contributed by atoms with Crippen molar-refractivity contribution >= 4 is 42.9 Å². The molecular weight excluding hydrogens is 420 g/mol. The lowest BCUT2D eigenvalue weighted by atomic mass is 10.1. The molecule has 11 heteroatoms. The molecule has 0 spiro atoms. The minimum Gasteiger partial charge on any atom is -0.282 e. The van der Waals surface area contributed by atoms with Gasteiger partial charge in [0.1, 0.15) is 0 Å². The van der Waals surface area contributed by atoms with E-state index in [0.717, 1.165) is 22.7 Å². The molecule has 2 aromatic carbocycles. The molecule has 0 aliphatic rings. The zero-order chi connectivity index (χ0) is 19.1. The normalized spacial score (nSPS) is 12.2. The molecular formula is C15H10O7S4. The van der Waals surface area contributed by atoms with E-state index in [1.165, 1.54) is 48.5 Å². The van der Waals surface area contributed by atoms with Crippen LogP contribution in [0.5, 0.6) is 0 Å². The van der Waals surface area contributed by atoms with Gasteiger partial charge in [-0.15, -0.1) is 0 Å². The number of hydrogen-bond acceptors (Lipinski definition) is 7. The number of hydrogen-bond donors (Lipinski definition) is 2. The summed E-state index contributed by atoms with van der Waals surface area (Å²) in [6.45, 7) is 0. The quantitative estimate of drug-likeness (QED) is 0.609. The van der Waals surface area contributed by atoms with Gasteiger partial charge in [-0.3, -0.25) is 13.9 Å². The molecule has 0 fully saturated rings. The first-order valence-corrected chi connectivity index (χ1v) is 11.4. The van der Waals surface area contributed by atoms with Crippen LogP contribution < -0.4 is 4.06 Å². The van der Waals surface area contributed by atoms with Crippen molar-refractivity contribution in [1.82, 2.24) is 0 Å². The van der Waals surface area contributed by atoms with Crippen LogP contribution in [0.2, 0.25) is 0 Å². The molecule has 0 unspecified atom stereocenters. The predicted molar refractivity (Wildman–Crippen MR) is 99.0 cm³/mol. The SMILES string of the molecule is O=c1sc(-c2ccc(S(=O)(=O)O)cc2)c(-c2ccc(S(=O)(=O)O)cc2)s1. The average Bonchev–Trinajstić information content (AvgIpc) is 2.95. The smallest absolute Gasteiger partial charge is 0.282 e. The molecule has 3 rings (SSSR count). The highest BCUT2D eigenvalue weighted by Crippen LogP contribution is 2.38. The van der Waals surface area contributed by atoms with E-state index in [1.54, 1.807) is 0 Å². The third-order valence-corrected chi connectivity index (χ3v) is 7.39. The first kappa shape index (κ1) is 18.9. The summed E-state index contributed by atoms with van der Waals surface area (Å²) < 4.78 is 62.4. The van der Waals surface area contributed by atoms with Crippen molar-refractivity contribution in [2.75, 3.05) is 0 Å². The van der Waals surface area contributed by atoms with Crippen molar-refractivity contribution in [1.29, 1.82) is 0 Å². The van der Waals surface area contributed by atoms with E-state index in [1.807, 2.05) is 0 Å². The van der Waals surface area contributed by atoms with Crippen molar-refractivity contribution in [3.05, 3.63) is 57.4 Å². The van der Waals surface area contributed by atoms with E-state index in [9.17, 15) is 21.6 Å². The Bertz CT molecular complexity index is 1120. The van der Waals surface area contributed by atoms with E-state index in [0.29, 0.717) is 20.9 Å². The van der Waals surface area contributed by atoms with Crippen LogP contribution in [0.15, 0.2) is 63.1 Å². The molecule has 0 amide bonds. The number of rotatable bonds is 4. The second kappa shape index (κ2) is 6.68. The van der Waals surface area contributed by atoms with Gasteiger partial charge in [0.2, 0.25) is 0 Å². The lowest BCUT2D eigenvalue weighted by Crippen LogP contribution is -1.97. The van der Waals surface area contributed by atoms with Gasteiger partial charge in [0.25, 0.3) is 24.3 Å².